The molecule has 0 aliphatic heterocycles. The second-order valence-corrected chi connectivity index (χ2v) is 4.88. The van der Waals surface area contributed by atoms with Crippen LogP contribution in [0.5, 0.6) is 0 Å². The predicted octanol–water partition coefficient (Wildman–Crippen LogP) is 4.80. The molecule has 108 valence electrons. The lowest BCUT2D eigenvalue weighted by atomic mass is 10.1. The fourth-order valence-corrected chi connectivity index (χ4v) is 2.47. The van der Waals surface area contributed by atoms with Gasteiger partial charge in [0.15, 0.2) is 0 Å². The van der Waals surface area contributed by atoms with Crippen LogP contribution < -0.4 is 0 Å². The zero-order chi connectivity index (χ0) is 20.3. The lowest BCUT2D eigenvalue weighted by Gasteiger charge is -2.03. The number of pyridine rings is 2. The fraction of sp³-hybridized carbons (Fsp3) is 0.111. The number of aromatic nitrogens is 2. The van der Waals surface area contributed by atoms with Crippen molar-refractivity contribution in [1.82, 2.24) is 9.97 Å². The van der Waals surface area contributed by atoms with Crippen molar-refractivity contribution in [3.05, 3.63) is 59.7 Å². The average molecular weight is 298 g/mol. The van der Waals surface area contributed by atoms with Crippen LogP contribution >= 0.6 is 0 Å². The van der Waals surface area contributed by atoms with E-state index >= 15 is 0 Å². The van der Waals surface area contributed by atoms with Crippen LogP contribution in [0.25, 0.3) is 33.3 Å². The van der Waals surface area contributed by atoms with Crippen LogP contribution in [0.15, 0.2) is 47.0 Å². The number of para-hydroxylation sites is 1. The number of benzene rings is 1. The van der Waals surface area contributed by atoms with Gasteiger partial charge in [-0.3, -0.25) is 4.98 Å². The summed E-state index contributed by atoms with van der Waals surface area (Å²) in [5.41, 5.74) is 0.667. The SMILES string of the molecule is [2H]C([2H])([2H])c1ccc2c(n1)oc1c(-c3cc(C([2H])([2H])[2H])c(F)cn3)cccc12. The molecule has 0 saturated carbocycles. The van der Waals surface area contributed by atoms with Gasteiger partial charge >= 0.3 is 0 Å². The van der Waals surface area contributed by atoms with E-state index in [9.17, 15) is 4.39 Å². The summed E-state index contributed by atoms with van der Waals surface area (Å²) in [5.74, 6) is -0.912. The van der Waals surface area contributed by atoms with E-state index in [2.05, 4.69) is 9.97 Å². The highest BCUT2D eigenvalue weighted by Crippen LogP contribution is 2.34. The van der Waals surface area contributed by atoms with Crippen LogP contribution in [-0.2, 0) is 0 Å². The molecule has 0 aliphatic carbocycles. The molecule has 3 heterocycles. The molecule has 0 radical (unpaired) electrons. The molecular weight excluding hydrogens is 279 g/mol. The molecule has 0 saturated heterocycles. The van der Waals surface area contributed by atoms with Gasteiger partial charge in [0.05, 0.1) is 11.9 Å². The standard InChI is InChI=1S/C18H13FN2O/c1-10-8-16(20-9-15(10)19)14-5-3-4-12-13-7-6-11(2)21-18(13)22-17(12)14/h3-9H,1-2H3/i1D3,2D3. The van der Waals surface area contributed by atoms with Crippen molar-refractivity contribution in [1.29, 1.82) is 0 Å². The molecule has 0 fully saturated rings. The highest BCUT2D eigenvalue weighted by molar-refractivity contribution is 6.08. The van der Waals surface area contributed by atoms with E-state index in [4.69, 9.17) is 12.6 Å². The van der Waals surface area contributed by atoms with E-state index in [0.717, 1.165) is 6.20 Å². The molecular formula is C18H13FN2O. The van der Waals surface area contributed by atoms with E-state index in [1.54, 1.807) is 24.3 Å². The third-order valence-corrected chi connectivity index (χ3v) is 3.50. The first kappa shape index (κ1) is 8.03. The van der Waals surface area contributed by atoms with E-state index in [1.807, 2.05) is 0 Å². The van der Waals surface area contributed by atoms with Gasteiger partial charge in [-0.15, -0.1) is 0 Å². The summed E-state index contributed by atoms with van der Waals surface area (Å²) in [5, 5.41) is 1.28. The van der Waals surface area contributed by atoms with Crippen LogP contribution in [0.4, 0.5) is 4.39 Å². The number of nitrogens with zero attached hydrogens (tertiary/aromatic N) is 2. The fourth-order valence-electron chi connectivity index (χ4n) is 2.47. The normalized spacial score (nSPS) is 16.6. The Hall–Kier alpha value is -2.75. The molecule has 0 spiro atoms. The molecule has 22 heavy (non-hydrogen) atoms. The zero-order valence-corrected chi connectivity index (χ0v) is 11.2. The highest BCUT2D eigenvalue weighted by Gasteiger charge is 2.14. The van der Waals surface area contributed by atoms with Gasteiger partial charge in [0.1, 0.15) is 11.4 Å². The van der Waals surface area contributed by atoms with Crippen LogP contribution in [0, 0.1) is 19.5 Å². The topological polar surface area (TPSA) is 38.9 Å². The largest absolute Gasteiger partial charge is 0.437 e. The van der Waals surface area contributed by atoms with Crippen molar-refractivity contribution in [3.63, 3.8) is 0 Å². The zero-order valence-electron chi connectivity index (χ0n) is 17.2. The van der Waals surface area contributed by atoms with Gasteiger partial charge in [-0.05, 0) is 43.5 Å². The third-order valence-electron chi connectivity index (χ3n) is 3.50. The summed E-state index contributed by atoms with van der Waals surface area (Å²) in [6, 6.07) is 9.37. The van der Waals surface area contributed by atoms with E-state index < -0.39 is 25.1 Å². The molecule has 0 atom stereocenters. The number of aryl methyl sites for hydroxylation is 2. The molecule has 0 unspecified atom stereocenters. The molecule has 4 heteroatoms. The molecule has 3 nitrogen and oxygen atoms in total. The maximum Gasteiger partial charge on any atom is 0.227 e. The van der Waals surface area contributed by atoms with Crippen LogP contribution in [0.2, 0.25) is 0 Å². The van der Waals surface area contributed by atoms with Crippen molar-refractivity contribution in [2.45, 2.75) is 13.7 Å². The van der Waals surface area contributed by atoms with Crippen LogP contribution in [0.1, 0.15) is 19.5 Å². The van der Waals surface area contributed by atoms with E-state index in [1.165, 1.54) is 12.1 Å². The number of halogens is 1. The Labute approximate surface area is 134 Å². The van der Waals surface area contributed by atoms with Crippen molar-refractivity contribution >= 4 is 22.1 Å². The Bertz CT molecular complexity index is 1210. The van der Waals surface area contributed by atoms with Gasteiger partial charge in [0, 0.05) is 30.3 Å². The van der Waals surface area contributed by atoms with E-state index in [0.29, 0.717) is 21.9 Å². The van der Waals surface area contributed by atoms with Crippen molar-refractivity contribution < 1.29 is 17.0 Å². The number of rotatable bonds is 1. The minimum Gasteiger partial charge on any atom is -0.437 e. The Morgan fingerprint density at radius 2 is 2.09 bits per heavy atom. The van der Waals surface area contributed by atoms with Crippen LogP contribution in [0.3, 0.4) is 0 Å². The van der Waals surface area contributed by atoms with Crippen molar-refractivity contribution in [3.8, 4) is 11.3 Å². The predicted molar refractivity (Wildman–Crippen MR) is 84.2 cm³/mol. The lowest BCUT2D eigenvalue weighted by Crippen LogP contribution is -1.89. The number of fused-ring (bicyclic) bond motifs is 3. The summed E-state index contributed by atoms with van der Waals surface area (Å²) in [7, 11) is 0. The lowest BCUT2D eigenvalue weighted by molar-refractivity contribution is 0.612. The van der Waals surface area contributed by atoms with Crippen molar-refractivity contribution in [2.75, 3.05) is 0 Å². The second-order valence-electron chi connectivity index (χ2n) is 4.88. The minimum absolute atomic E-state index is 0.0924. The monoisotopic (exact) mass is 298 g/mol. The third kappa shape index (κ3) is 1.88. The smallest absolute Gasteiger partial charge is 0.227 e. The van der Waals surface area contributed by atoms with Gasteiger partial charge in [-0.25, -0.2) is 9.37 Å². The number of furan rings is 1. The summed E-state index contributed by atoms with van der Waals surface area (Å²) >= 11 is 0. The van der Waals surface area contributed by atoms with Gasteiger partial charge in [0.2, 0.25) is 5.71 Å². The molecule has 1 aromatic carbocycles. The number of hydrogen-bond acceptors (Lipinski definition) is 3. The van der Waals surface area contributed by atoms with E-state index in [-0.39, 0.29) is 17.1 Å². The molecule has 4 aromatic rings. The molecule has 0 aliphatic rings. The average Bonchev–Trinajstić information content (AvgIpc) is 2.98. The summed E-state index contributed by atoms with van der Waals surface area (Å²) in [4.78, 5) is 8.09. The molecule has 4 rings (SSSR count). The maximum absolute atomic E-state index is 13.9. The van der Waals surface area contributed by atoms with Gasteiger partial charge in [-0.2, -0.15) is 0 Å². The first-order chi connectivity index (χ1) is 13.1. The summed E-state index contributed by atoms with van der Waals surface area (Å²) in [6.45, 7) is -5.00. The van der Waals surface area contributed by atoms with Crippen molar-refractivity contribution in [2.24, 2.45) is 0 Å². The van der Waals surface area contributed by atoms with Gasteiger partial charge in [-0.1, -0.05) is 12.1 Å². The molecule has 3 aromatic heterocycles. The minimum atomic E-state index is -2.63. The molecule has 0 N–H and O–H groups in total. The van der Waals surface area contributed by atoms with Gasteiger partial charge in [0.25, 0.3) is 0 Å². The van der Waals surface area contributed by atoms with Gasteiger partial charge < -0.3 is 4.42 Å². The Kier molecular flexibility index (Phi) is 1.69. The molecule has 0 bridgehead atoms. The Morgan fingerprint density at radius 1 is 1.14 bits per heavy atom. The maximum atomic E-state index is 13.9. The second kappa shape index (κ2) is 4.63. The first-order valence-electron chi connectivity index (χ1n) is 9.55. The first-order valence-corrected chi connectivity index (χ1v) is 6.55. The quantitative estimate of drug-likeness (QED) is 0.506. The Balaban J connectivity index is 1.96. The summed E-state index contributed by atoms with van der Waals surface area (Å²) in [6.07, 6.45) is 0.865. The number of hydrogen-bond donors (Lipinski definition) is 0. The summed E-state index contributed by atoms with van der Waals surface area (Å²) < 4.78 is 64.6. The molecule has 0 amide bonds. The van der Waals surface area contributed by atoms with Crippen LogP contribution in [-0.4, -0.2) is 9.97 Å². The highest BCUT2D eigenvalue weighted by atomic mass is 19.1. The Morgan fingerprint density at radius 3 is 2.95 bits per heavy atom.